The Kier molecular flexibility index (Phi) is 5.05. The minimum absolute atomic E-state index is 0.209. The molecule has 0 radical (unpaired) electrons. The minimum atomic E-state index is -0.594. The number of likely N-dealkylation sites (N-methyl/N-ethyl adjacent to an activating group) is 1. The molecular weight excluding hydrogens is 306 g/mol. The molecule has 0 spiro atoms. The Morgan fingerprint density at radius 2 is 2.18 bits per heavy atom. The number of nitro groups is 1. The van der Waals surface area contributed by atoms with Gasteiger partial charge in [0.25, 0.3) is 11.2 Å². The Morgan fingerprint density at radius 3 is 2.77 bits per heavy atom. The second-order valence-corrected chi connectivity index (χ2v) is 5.63. The van der Waals surface area contributed by atoms with Crippen LogP contribution < -0.4 is 5.56 Å². The SMILES string of the molecule is CCN(Cc1cccs1)C(=O)Cn1cc([N+](=O)[O-])ccc1=O. The number of amides is 1. The highest BCUT2D eigenvalue weighted by Gasteiger charge is 2.15. The van der Waals surface area contributed by atoms with Gasteiger partial charge in [0.15, 0.2) is 0 Å². The maximum absolute atomic E-state index is 12.3. The summed E-state index contributed by atoms with van der Waals surface area (Å²) in [6, 6.07) is 6.07. The maximum Gasteiger partial charge on any atom is 0.285 e. The van der Waals surface area contributed by atoms with E-state index in [-0.39, 0.29) is 18.1 Å². The number of rotatable bonds is 6. The van der Waals surface area contributed by atoms with Crippen LogP contribution in [0.2, 0.25) is 0 Å². The van der Waals surface area contributed by atoms with E-state index in [0.29, 0.717) is 13.1 Å². The Balaban J connectivity index is 2.14. The number of carbonyl (C=O) groups excluding carboxylic acids is 1. The zero-order chi connectivity index (χ0) is 16.1. The van der Waals surface area contributed by atoms with Crippen LogP contribution in [0.4, 0.5) is 5.69 Å². The molecule has 0 saturated heterocycles. The number of nitrogens with zero attached hydrogens (tertiary/aromatic N) is 3. The summed E-state index contributed by atoms with van der Waals surface area (Å²) in [7, 11) is 0. The number of carbonyl (C=O) groups is 1. The van der Waals surface area contributed by atoms with Crippen molar-refractivity contribution in [3.05, 3.63) is 61.2 Å². The summed E-state index contributed by atoms with van der Waals surface area (Å²) in [6.07, 6.45) is 1.10. The summed E-state index contributed by atoms with van der Waals surface area (Å²) in [5.41, 5.74) is -0.653. The van der Waals surface area contributed by atoms with Gasteiger partial charge in [-0.2, -0.15) is 0 Å². The normalized spacial score (nSPS) is 10.4. The molecule has 0 N–H and O–H groups in total. The molecule has 116 valence electrons. The highest BCUT2D eigenvalue weighted by atomic mass is 32.1. The van der Waals surface area contributed by atoms with Gasteiger partial charge < -0.3 is 4.90 Å². The molecule has 22 heavy (non-hydrogen) atoms. The first-order valence-corrected chi connectivity index (χ1v) is 7.54. The summed E-state index contributed by atoms with van der Waals surface area (Å²) in [5, 5.41) is 12.7. The Hall–Kier alpha value is -2.48. The third-order valence-corrected chi connectivity index (χ3v) is 4.01. The quantitative estimate of drug-likeness (QED) is 0.600. The minimum Gasteiger partial charge on any atom is -0.336 e. The zero-order valence-electron chi connectivity index (χ0n) is 12.0. The fourth-order valence-electron chi connectivity index (χ4n) is 1.96. The summed E-state index contributed by atoms with van der Waals surface area (Å²) in [6.45, 7) is 2.61. The number of hydrogen-bond acceptors (Lipinski definition) is 5. The van der Waals surface area contributed by atoms with E-state index in [1.807, 2.05) is 24.4 Å². The van der Waals surface area contributed by atoms with Gasteiger partial charge in [0.2, 0.25) is 5.91 Å². The molecule has 0 aliphatic carbocycles. The molecule has 0 aliphatic rings. The smallest absolute Gasteiger partial charge is 0.285 e. The summed E-state index contributed by atoms with van der Waals surface area (Å²) < 4.78 is 1.07. The summed E-state index contributed by atoms with van der Waals surface area (Å²) >= 11 is 1.55. The van der Waals surface area contributed by atoms with Crippen molar-refractivity contribution in [2.24, 2.45) is 0 Å². The van der Waals surface area contributed by atoms with Crippen molar-refractivity contribution in [3.8, 4) is 0 Å². The van der Waals surface area contributed by atoms with Crippen LogP contribution in [0.15, 0.2) is 40.6 Å². The molecule has 7 nitrogen and oxygen atoms in total. The Bertz CT molecular complexity index is 724. The van der Waals surface area contributed by atoms with Crippen molar-refractivity contribution in [2.75, 3.05) is 6.54 Å². The lowest BCUT2D eigenvalue weighted by molar-refractivity contribution is -0.385. The lowest BCUT2D eigenvalue weighted by Crippen LogP contribution is -2.35. The second-order valence-electron chi connectivity index (χ2n) is 4.60. The molecule has 2 heterocycles. The van der Waals surface area contributed by atoms with Crippen LogP contribution in [-0.4, -0.2) is 26.8 Å². The van der Waals surface area contributed by atoms with Crippen LogP contribution in [0, 0.1) is 10.1 Å². The number of pyridine rings is 1. The van der Waals surface area contributed by atoms with E-state index in [2.05, 4.69) is 0 Å². The van der Waals surface area contributed by atoms with Crippen molar-refractivity contribution in [1.82, 2.24) is 9.47 Å². The molecule has 0 aromatic carbocycles. The summed E-state index contributed by atoms with van der Waals surface area (Å²) in [5.74, 6) is -0.251. The molecule has 0 bridgehead atoms. The topological polar surface area (TPSA) is 85.4 Å². The average Bonchev–Trinajstić information content (AvgIpc) is 2.99. The molecule has 0 atom stereocenters. The fourth-order valence-corrected chi connectivity index (χ4v) is 2.68. The first kappa shape index (κ1) is 15.9. The zero-order valence-corrected chi connectivity index (χ0v) is 12.8. The van der Waals surface area contributed by atoms with Crippen LogP contribution in [-0.2, 0) is 17.9 Å². The fraction of sp³-hybridized carbons (Fsp3) is 0.286. The first-order valence-electron chi connectivity index (χ1n) is 6.66. The van der Waals surface area contributed by atoms with Gasteiger partial charge in [0, 0.05) is 23.6 Å². The molecule has 2 aromatic rings. The predicted molar refractivity (Wildman–Crippen MR) is 82.8 cm³/mol. The molecule has 0 fully saturated rings. The van der Waals surface area contributed by atoms with Gasteiger partial charge in [-0.3, -0.25) is 24.3 Å². The van der Waals surface area contributed by atoms with Gasteiger partial charge in [-0.15, -0.1) is 11.3 Å². The first-order chi connectivity index (χ1) is 10.5. The van der Waals surface area contributed by atoms with Crippen LogP contribution in [0.25, 0.3) is 0 Å². The maximum atomic E-state index is 12.3. The molecule has 2 aromatic heterocycles. The molecule has 0 saturated carbocycles. The van der Waals surface area contributed by atoms with Crippen molar-refractivity contribution >= 4 is 22.9 Å². The van der Waals surface area contributed by atoms with Gasteiger partial charge in [-0.1, -0.05) is 6.07 Å². The average molecular weight is 321 g/mol. The number of thiophene rings is 1. The highest BCUT2D eigenvalue weighted by molar-refractivity contribution is 7.09. The van der Waals surface area contributed by atoms with E-state index in [9.17, 15) is 19.7 Å². The lowest BCUT2D eigenvalue weighted by Gasteiger charge is -2.20. The van der Waals surface area contributed by atoms with Crippen LogP contribution in [0.5, 0.6) is 0 Å². The van der Waals surface area contributed by atoms with E-state index >= 15 is 0 Å². The van der Waals surface area contributed by atoms with Gasteiger partial charge in [0.1, 0.15) is 6.54 Å². The largest absolute Gasteiger partial charge is 0.336 e. The Labute approximate surface area is 130 Å². The monoisotopic (exact) mass is 321 g/mol. The van der Waals surface area contributed by atoms with E-state index < -0.39 is 10.5 Å². The van der Waals surface area contributed by atoms with Crippen LogP contribution in [0.3, 0.4) is 0 Å². The third kappa shape index (κ3) is 3.79. The molecule has 8 heteroatoms. The van der Waals surface area contributed by atoms with Crippen molar-refractivity contribution in [1.29, 1.82) is 0 Å². The van der Waals surface area contributed by atoms with Gasteiger partial charge in [-0.05, 0) is 18.4 Å². The van der Waals surface area contributed by atoms with E-state index in [4.69, 9.17) is 0 Å². The molecule has 0 unspecified atom stereocenters. The number of hydrogen-bond donors (Lipinski definition) is 0. The van der Waals surface area contributed by atoms with Crippen molar-refractivity contribution < 1.29 is 9.72 Å². The van der Waals surface area contributed by atoms with E-state index in [1.165, 1.54) is 0 Å². The van der Waals surface area contributed by atoms with Gasteiger partial charge in [-0.25, -0.2) is 0 Å². The van der Waals surface area contributed by atoms with Crippen LogP contribution in [0.1, 0.15) is 11.8 Å². The molecular formula is C14H15N3O4S. The van der Waals surface area contributed by atoms with Crippen molar-refractivity contribution in [2.45, 2.75) is 20.0 Å². The molecule has 1 amide bonds. The number of aromatic nitrogens is 1. The van der Waals surface area contributed by atoms with Crippen LogP contribution >= 0.6 is 11.3 Å². The molecule has 0 aliphatic heterocycles. The standard InChI is InChI=1S/C14H15N3O4S/c1-2-15(9-12-4-3-7-22-12)14(19)10-16-8-11(17(20)21)5-6-13(16)18/h3-8H,2,9-10H2,1H3. The summed E-state index contributed by atoms with van der Waals surface area (Å²) in [4.78, 5) is 36.8. The van der Waals surface area contributed by atoms with Gasteiger partial charge >= 0.3 is 0 Å². The highest BCUT2D eigenvalue weighted by Crippen LogP contribution is 2.12. The van der Waals surface area contributed by atoms with Gasteiger partial charge in [0.05, 0.1) is 17.7 Å². The Morgan fingerprint density at radius 1 is 1.41 bits per heavy atom. The second kappa shape index (κ2) is 6.99. The predicted octanol–water partition coefficient (Wildman–Crippen LogP) is 1.87. The lowest BCUT2D eigenvalue weighted by atomic mass is 10.3. The third-order valence-electron chi connectivity index (χ3n) is 3.15. The molecule has 2 rings (SSSR count). The van der Waals surface area contributed by atoms with E-state index in [1.54, 1.807) is 16.2 Å². The van der Waals surface area contributed by atoms with E-state index in [0.717, 1.165) is 27.8 Å². The van der Waals surface area contributed by atoms with Crippen molar-refractivity contribution in [3.63, 3.8) is 0 Å².